The quantitative estimate of drug-likeness (QED) is 0.893. The number of hydrogen-bond acceptors (Lipinski definition) is 2. The third kappa shape index (κ3) is 5.26. The van der Waals surface area contributed by atoms with Crippen LogP contribution in [0.25, 0.3) is 0 Å². The summed E-state index contributed by atoms with van der Waals surface area (Å²) in [5, 5.41) is 5.03. The zero-order valence-corrected chi connectivity index (χ0v) is 12.5. The summed E-state index contributed by atoms with van der Waals surface area (Å²) >= 11 is 0. The van der Waals surface area contributed by atoms with Gasteiger partial charge in [-0.15, -0.1) is 0 Å². The monoisotopic (exact) mass is 328 g/mol. The Kier molecular flexibility index (Phi) is 5.63. The third-order valence-corrected chi connectivity index (χ3v) is 3.95. The summed E-state index contributed by atoms with van der Waals surface area (Å²) < 4.78 is 38.2. The van der Waals surface area contributed by atoms with E-state index in [1.165, 1.54) is 0 Å². The van der Waals surface area contributed by atoms with Crippen molar-refractivity contribution < 1.29 is 22.8 Å². The molecule has 0 aliphatic heterocycles. The van der Waals surface area contributed by atoms with Gasteiger partial charge in [0.05, 0.1) is 12.5 Å². The molecule has 0 bridgehead atoms. The average Bonchev–Trinajstić information content (AvgIpc) is 2.53. The molecule has 0 saturated heterocycles. The fourth-order valence-electron chi connectivity index (χ4n) is 2.75. The Labute approximate surface area is 132 Å². The summed E-state index contributed by atoms with van der Waals surface area (Å²) in [6.07, 6.45) is -3.23. The van der Waals surface area contributed by atoms with Crippen molar-refractivity contribution >= 4 is 11.8 Å². The van der Waals surface area contributed by atoms with Crippen molar-refractivity contribution in [2.75, 3.05) is 6.54 Å². The smallest absolute Gasteiger partial charge is 0.352 e. The normalized spacial score (nSPS) is 21.5. The first-order valence-electron chi connectivity index (χ1n) is 7.55. The highest BCUT2D eigenvalue weighted by atomic mass is 19.4. The molecular weight excluding hydrogens is 309 g/mol. The standard InChI is InChI=1S/C16H19F3N2O2/c17-16(18,19)12-7-4-8-13(9-12)21-14(22)10-20-15(23)11-5-2-1-3-6-11/h1-3,5-6,12-13H,4,7-10H2,(H,20,23)(H,21,22)/t12-,13+/m0/s1. The van der Waals surface area contributed by atoms with E-state index in [1.54, 1.807) is 30.3 Å². The maximum atomic E-state index is 12.7. The fourth-order valence-corrected chi connectivity index (χ4v) is 2.75. The van der Waals surface area contributed by atoms with Gasteiger partial charge in [0.15, 0.2) is 0 Å². The van der Waals surface area contributed by atoms with Crippen LogP contribution in [0.5, 0.6) is 0 Å². The molecule has 0 radical (unpaired) electrons. The maximum Gasteiger partial charge on any atom is 0.391 e. The second kappa shape index (κ2) is 7.48. The predicted molar refractivity (Wildman–Crippen MR) is 78.7 cm³/mol. The van der Waals surface area contributed by atoms with Crippen LogP contribution in [0.2, 0.25) is 0 Å². The summed E-state index contributed by atoms with van der Waals surface area (Å²) in [5.41, 5.74) is 0.426. The van der Waals surface area contributed by atoms with Crippen LogP contribution in [0.3, 0.4) is 0 Å². The van der Waals surface area contributed by atoms with E-state index >= 15 is 0 Å². The van der Waals surface area contributed by atoms with Crippen molar-refractivity contribution in [2.45, 2.75) is 37.9 Å². The first-order chi connectivity index (χ1) is 10.9. The number of carbonyl (C=O) groups excluding carboxylic acids is 2. The lowest BCUT2D eigenvalue weighted by Gasteiger charge is -2.31. The molecule has 2 N–H and O–H groups in total. The Morgan fingerprint density at radius 3 is 2.48 bits per heavy atom. The molecule has 4 nitrogen and oxygen atoms in total. The number of hydrogen-bond donors (Lipinski definition) is 2. The summed E-state index contributed by atoms with van der Waals surface area (Å²) in [6.45, 7) is -0.249. The van der Waals surface area contributed by atoms with Gasteiger partial charge >= 0.3 is 6.18 Å². The van der Waals surface area contributed by atoms with Crippen molar-refractivity contribution in [1.82, 2.24) is 10.6 Å². The summed E-state index contributed by atoms with van der Waals surface area (Å²) in [4.78, 5) is 23.6. The molecule has 1 aliphatic rings. The molecule has 23 heavy (non-hydrogen) atoms. The zero-order chi connectivity index (χ0) is 16.9. The van der Waals surface area contributed by atoms with Crippen LogP contribution < -0.4 is 10.6 Å². The van der Waals surface area contributed by atoms with Crippen LogP contribution in [0, 0.1) is 5.92 Å². The highest BCUT2D eigenvalue weighted by molar-refractivity contribution is 5.96. The van der Waals surface area contributed by atoms with Crippen molar-refractivity contribution in [3.05, 3.63) is 35.9 Å². The SMILES string of the molecule is O=C(CNC(=O)c1ccccc1)N[C@@H]1CCC[C@H](C(F)(F)F)C1. The number of nitrogens with one attached hydrogen (secondary N) is 2. The zero-order valence-electron chi connectivity index (χ0n) is 12.5. The van der Waals surface area contributed by atoms with Gasteiger partial charge < -0.3 is 10.6 Å². The largest absolute Gasteiger partial charge is 0.391 e. The van der Waals surface area contributed by atoms with Gasteiger partial charge in [0.2, 0.25) is 5.91 Å². The minimum absolute atomic E-state index is 0.0954. The van der Waals surface area contributed by atoms with Crippen molar-refractivity contribution in [3.8, 4) is 0 Å². The van der Waals surface area contributed by atoms with E-state index in [0.717, 1.165) is 0 Å². The number of benzene rings is 1. The topological polar surface area (TPSA) is 58.2 Å². The van der Waals surface area contributed by atoms with E-state index in [2.05, 4.69) is 10.6 Å². The van der Waals surface area contributed by atoms with E-state index in [-0.39, 0.29) is 19.4 Å². The predicted octanol–water partition coefficient (Wildman–Crippen LogP) is 2.65. The van der Waals surface area contributed by atoms with Gasteiger partial charge in [-0.2, -0.15) is 13.2 Å². The van der Waals surface area contributed by atoms with Gasteiger partial charge in [0.1, 0.15) is 0 Å². The van der Waals surface area contributed by atoms with Crippen molar-refractivity contribution in [3.63, 3.8) is 0 Å². The first kappa shape index (κ1) is 17.3. The van der Waals surface area contributed by atoms with E-state index < -0.39 is 30.0 Å². The number of rotatable bonds is 4. The average molecular weight is 328 g/mol. The van der Waals surface area contributed by atoms with Crippen LogP contribution >= 0.6 is 0 Å². The van der Waals surface area contributed by atoms with E-state index in [9.17, 15) is 22.8 Å². The molecule has 2 rings (SSSR count). The lowest BCUT2D eigenvalue weighted by Crippen LogP contribution is -2.45. The molecular formula is C16H19F3N2O2. The summed E-state index contributed by atoms with van der Waals surface area (Å²) in [5.74, 6) is -2.22. The lowest BCUT2D eigenvalue weighted by molar-refractivity contribution is -0.184. The minimum Gasteiger partial charge on any atom is -0.352 e. The van der Waals surface area contributed by atoms with Gasteiger partial charge in [0, 0.05) is 11.6 Å². The summed E-state index contributed by atoms with van der Waals surface area (Å²) in [6, 6.07) is 7.91. The van der Waals surface area contributed by atoms with Gasteiger partial charge in [-0.1, -0.05) is 24.6 Å². The molecule has 1 saturated carbocycles. The Bertz CT molecular complexity index is 546. The van der Waals surface area contributed by atoms with Gasteiger partial charge in [0.25, 0.3) is 5.91 Å². The number of alkyl halides is 3. The third-order valence-electron chi connectivity index (χ3n) is 3.95. The molecule has 126 valence electrons. The fraction of sp³-hybridized carbons (Fsp3) is 0.500. The molecule has 2 amide bonds. The van der Waals surface area contributed by atoms with Crippen LogP contribution in [-0.2, 0) is 4.79 Å². The Hall–Kier alpha value is -2.05. The minimum atomic E-state index is -4.22. The second-order valence-electron chi connectivity index (χ2n) is 5.72. The Morgan fingerprint density at radius 1 is 1.13 bits per heavy atom. The molecule has 0 spiro atoms. The molecule has 1 aromatic rings. The molecule has 1 aliphatic carbocycles. The van der Waals surface area contributed by atoms with Crippen molar-refractivity contribution in [1.29, 1.82) is 0 Å². The highest BCUT2D eigenvalue weighted by Crippen LogP contribution is 2.37. The lowest BCUT2D eigenvalue weighted by atomic mass is 9.85. The molecule has 0 heterocycles. The molecule has 1 aromatic carbocycles. The van der Waals surface area contributed by atoms with Crippen LogP contribution in [-0.4, -0.2) is 30.6 Å². The van der Waals surface area contributed by atoms with Gasteiger partial charge in [-0.05, 0) is 31.4 Å². The van der Waals surface area contributed by atoms with Gasteiger partial charge in [-0.3, -0.25) is 9.59 Å². The van der Waals surface area contributed by atoms with E-state index in [0.29, 0.717) is 18.4 Å². The van der Waals surface area contributed by atoms with Crippen LogP contribution in [0.4, 0.5) is 13.2 Å². The maximum absolute atomic E-state index is 12.7. The second-order valence-corrected chi connectivity index (χ2v) is 5.72. The van der Waals surface area contributed by atoms with Crippen molar-refractivity contribution in [2.24, 2.45) is 5.92 Å². The van der Waals surface area contributed by atoms with E-state index in [4.69, 9.17) is 0 Å². The number of amides is 2. The van der Waals surface area contributed by atoms with Gasteiger partial charge in [-0.25, -0.2) is 0 Å². The highest BCUT2D eigenvalue weighted by Gasteiger charge is 2.42. The molecule has 2 atom stereocenters. The van der Waals surface area contributed by atoms with Crippen LogP contribution in [0.15, 0.2) is 30.3 Å². The number of carbonyl (C=O) groups is 2. The number of halogens is 3. The van der Waals surface area contributed by atoms with Crippen LogP contribution in [0.1, 0.15) is 36.0 Å². The molecule has 7 heteroatoms. The van der Waals surface area contributed by atoms with E-state index in [1.807, 2.05) is 0 Å². The molecule has 0 unspecified atom stereocenters. The Morgan fingerprint density at radius 2 is 1.83 bits per heavy atom. The summed E-state index contributed by atoms with van der Waals surface area (Å²) in [7, 11) is 0. The Balaban J connectivity index is 1.77. The molecule has 0 aromatic heterocycles. The molecule has 1 fully saturated rings. The first-order valence-corrected chi connectivity index (χ1v) is 7.55.